The van der Waals surface area contributed by atoms with E-state index in [9.17, 15) is 0 Å². The van der Waals surface area contributed by atoms with Gasteiger partial charge in [0.1, 0.15) is 11.3 Å². The molecule has 0 amide bonds. The molecule has 2 N–H and O–H groups in total. The molecule has 0 atom stereocenters. The van der Waals surface area contributed by atoms with E-state index in [1.165, 1.54) is 0 Å². The zero-order valence-corrected chi connectivity index (χ0v) is 14.8. The molecule has 0 unspecified atom stereocenters. The van der Waals surface area contributed by atoms with Crippen LogP contribution in [0.1, 0.15) is 32.4 Å². The second-order valence-corrected chi connectivity index (χ2v) is 5.59. The maximum Gasteiger partial charge on any atom is 0.191 e. The molecule has 0 bridgehead atoms. The standard InChI is InChI=1S/C19H29N3O2/c1-3-20-19(21-12-7-8-14-23-4-2)22-13-11-17-15-16-9-5-6-10-18(16)24-17/h5-6,9-10,15H,3-4,7-8,11-14H2,1-2H3,(H2,20,21,22). The van der Waals surface area contributed by atoms with Gasteiger partial charge in [0, 0.05) is 44.7 Å². The Kier molecular flexibility index (Phi) is 8.18. The predicted molar refractivity (Wildman–Crippen MR) is 99.6 cm³/mol. The number of benzene rings is 1. The van der Waals surface area contributed by atoms with E-state index in [-0.39, 0.29) is 0 Å². The number of unbranched alkanes of at least 4 members (excludes halogenated alkanes) is 1. The van der Waals surface area contributed by atoms with Crippen LogP contribution in [0.5, 0.6) is 0 Å². The first kappa shape index (κ1) is 18.3. The van der Waals surface area contributed by atoms with Gasteiger partial charge in [0.25, 0.3) is 0 Å². The fourth-order valence-electron chi connectivity index (χ4n) is 2.46. The quantitative estimate of drug-likeness (QED) is 0.398. The maximum absolute atomic E-state index is 5.83. The number of aliphatic imine (C=N–C) groups is 1. The van der Waals surface area contributed by atoms with Crippen molar-refractivity contribution in [2.45, 2.75) is 33.1 Å². The SMILES string of the molecule is CCNC(=NCCCCOCC)NCCc1cc2ccccc2o1. The van der Waals surface area contributed by atoms with Crippen LogP contribution in [-0.2, 0) is 11.2 Å². The summed E-state index contributed by atoms with van der Waals surface area (Å²) in [5.74, 6) is 1.86. The number of furan rings is 1. The van der Waals surface area contributed by atoms with Crippen LogP contribution in [0, 0.1) is 0 Å². The average molecular weight is 331 g/mol. The number of guanidine groups is 1. The average Bonchev–Trinajstić information content (AvgIpc) is 3.00. The number of rotatable bonds is 10. The third-order valence-electron chi connectivity index (χ3n) is 3.66. The van der Waals surface area contributed by atoms with Gasteiger partial charge >= 0.3 is 0 Å². The van der Waals surface area contributed by atoms with Crippen LogP contribution in [0.25, 0.3) is 11.0 Å². The topological polar surface area (TPSA) is 58.8 Å². The predicted octanol–water partition coefficient (Wildman–Crippen LogP) is 3.35. The third kappa shape index (κ3) is 6.24. The Hall–Kier alpha value is -2.01. The van der Waals surface area contributed by atoms with Gasteiger partial charge in [-0.3, -0.25) is 4.99 Å². The van der Waals surface area contributed by atoms with E-state index in [2.05, 4.69) is 34.7 Å². The van der Waals surface area contributed by atoms with Crippen molar-refractivity contribution in [2.24, 2.45) is 4.99 Å². The molecular formula is C19H29N3O2. The number of para-hydroxylation sites is 1. The van der Waals surface area contributed by atoms with Crippen LogP contribution in [-0.4, -0.2) is 38.8 Å². The fraction of sp³-hybridized carbons (Fsp3) is 0.526. The molecule has 0 saturated heterocycles. The van der Waals surface area contributed by atoms with Crippen molar-refractivity contribution in [3.05, 3.63) is 36.1 Å². The Morgan fingerprint density at radius 2 is 2.04 bits per heavy atom. The Morgan fingerprint density at radius 1 is 1.17 bits per heavy atom. The summed E-state index contributed by atoms with van der Waals surface area (Å²) in [4.78, 5) is 4.59. The molecule has 1 aromatic carbocycles. The third-order valence-corrected chi connectivity index (χ3v) is 3.66. The first-order valence-corrected chi connectivity index (χ1v) is 8.91. The van der Waals surface area contributed by atoms with E-state index < -0.39 is 0 Å². The highest BCUT2D eigenvalue weighted by molar-refractivity contribution is 5.80. The van der Waals surface area contributed by atoms with Crippen LogP contribution in [0.15, 0.2) is 39.7 Å². The van der Waals surface area contributed by atoms with Crippen LogP contribution < -0.4 is 10.6 Å². The van der Waals surface area contributed by atoms with Gasteiger partial charge in [-0.1, -0.05) is 18.2 Å². The van der Waals surface area contributed by atoms with Crippen molar-refractivity contribution < 1.29 is 9.15 Å². The summed E-state index contributed by atoms with van der Waals surface area (Å²) in [6.45, 7) is 8.17. The highest BCUT2D eigenvalue weighted by atomic mass is 16.5. The summed E-state index contributed by atoms with van der Waals surface area (Å²) >= 11 is 0. The normalized spacial score (nSPS) is 11.8. The van der Waals surface area contributed by atoms with E-state index in [0.29, 0.717) is 0 Å². The molecule has 24 heavy (non-hydrogen) atoms. The van der Waals surface area contributed by atoms with Crippen molar-refractivity contribution in [3.8, 4) is 0 Å². The zero-order chi connectivity index (χ0) is 17.0. The Balaban J connectivity index is 1.73. The van der Waals surface area contributed by atoms with Gasteiger partial charge in [-0.25, -0.2) is 0 Å². The van der Waals surface area contributed by atoms with E-state index in [1.807, 2.05) is 25.1 Å². The number of fused-ring (bicyclic) bond motifs is 1. The number of nitrogens with one attached hydrogen (secondary N) is 2. The summed E-state index contributed by atoms with van der Waals surface area (Å²) in [5.41, 5.74) is 0.947. The number of ether oxygens (including phenoxy) is 1. The van der Waals surface area contributed by atoms with Gasteiger partial charge in [0.15, 0.2) is 5.96 Å². The minimum atomic E-state index is 0.787. The first-order chi connectivity index (χ1) is 11.8. The highest BCUT2D eigenvalue weighted by Crippen LogP contribution is 2.18. The van der Waals surface area contributed by atoms with E-state index in [0.717, 1.165) is 74.8 Å². The van der Waals surface area contributed by atoms with Gasteiger partial charge in [-0.2, -0.15) is 0 Å². The summed E-state index contributed by atoms with van der Waals surface area (Å²) < 4.78 is 11.2. The largest absolute Gasteiger partial charge is 0.461 e. The van der Waals surface area contributed by atoms with Crippen molar-refractivity contribution in [3.63, 3.8) is 0 Å². The molecule has 5 nitrogen and oxygen atoms in total. The molecule has 0 aliphatic heterocycles. The number of hydrogen-bond donors (Lipinski definition) is 2. The van der Waals surface area contributed by atoms with Crippen LogP contribution in [0.2, 0.25) is 0 Å². The molecular weight excluding hydrogens is 302 g/mol. The van der Waals surface area contributed by atoms with Crippen molar-refractivity contribution in [1.82, 2.24) is 10.6 Å². The van der Waals surface area contributed by atoms with Crippen molar-refractivity contribution in [2.75, 3.05) is 32.8 Å². The Morgan fingerprint density at radius 3 is 2.83 bits per heavy atom. The molecule has 0 radical (unpaired) electrons. The number of nitrogens with zero attached hydrogens (tertiary/aromatic N) is 1. The second-order valence-electron chi connectivity index (χ2n) is 5.59. The molecule has 2 aromatic rings. The highest BCUT2D eigenvalue weighted by Gasteiger charge is 2.03. The first-order valence-electron chi connectivity index (χ1n) is 8.91. The molecule has 0 aliphatic rings. The smallest absolute Gasteiger partial charge is 0.191 e. The Labute approximate surface area is 144 Å². The summed E-state index contributed by atoms with van der Waals surface area (Å²) in [7, 11) is 0. The van der Waals surface area contributed by atoms with Crippen molar-refractivity contribution in [1.29, 1.82) is 0 Å². The fourth-order valence-corrected chi connectivity index (χ4v) is 2.46. The maximum atomic E-state index is 5.83. The van der Waals surface area contributed by atoms with E-state index in [1.54, 1.807) is 0 Å². The summed E-state index contributed by atoms with van der Waals surface area (Å²) in [6.07, 6.45) is 2.93. The molecule has 1 aromatic heterocycles. The summed E-state index contributed by atoms with van der Waals surface area (Å²) in [5, 5.41) is 7.79. The molecule has 0 fully saturated rings. The molecule has 0 spiro atoms. The van der Waals surface area contributed by atoms with Gasteiger partial charge in [-0.15, -0.1) is 0 Å². The minimum absolute atomic E-state index is 0.787. The lowest BCUT2D eigenvalue weighted by Crippen LogP contribution is -2.38. The van der Waals surface area contributed by atoms with Crippen LogP contribution >= 0.6 is 0 Å². The lowest BCUT2D eigenvalue weighted by molar-refractivity contribution is 0.144. The lowest BCUT2D eigenvalue weighted by Gasteiger charge is -2.10. The summed E-state index contributed by atoms with van der Waals surface area (Å²) in [6, 6.07) is 10.2. The monoisotopic (exact) mass is 331 g/mol. The molecule has 0 aliphatic carbocycles. The minimum Gasteiger partial charge on any atom is -0.461 e. The van der Waals surface area contributed by atoms with E-state index >= 15 is 0 Å². The van der Waals surface area contributed by atoms with E-state index in [4.69, 9.17) is 9.15 Å². The molecule has 1 heterocycles. The molecule has 0 saturated carbocycles. The van der Waals surface area contributed by atoms with Gasteiger partial charge < -0.3 is 19.8 Å². The molecule has 5 heteroatoms. The van der Waals surface area contributed by atoms with Gasteiger partial charge in [0.2, 0.25) is 0 Å². The molecule has 2 rings (SSSR count). The second kappa shape index (κ2) is 10.7. The lowest BCUT2D eigenvalue weighted by atomic mass is 10.2. The van der Waals surface area contributed by atoms with Crippen LogP contribution in [0.3, 0.4) is 0 Å². The van der Waals surface area contributed by atoms with Gasteiger partial charge in [0.05, 0.1) is 0 Å². The van der Waals surface area contributed by atoms with Crippen molar-refractivity contribution >= 4 is 16.9 Å². The van der Waals surface area contributed by atoms with Gasteiger partial charge in [-0.05, 0) is 38.8 Å². The zero-order valence-electron chi connectivity index (χ0n) is 14.8. The molecule has 132 valence electrons. The Bertz CT molecular complexity index is 589. The number of hydrogen-bond acceptors (Lipinski definition) is 3. The van der Waals surface area contributed by atoms with Crippen LogP contribution in [0.4, 0.5) is 0 Å².